The fourth-order valence-corrected chi connectivity index (χ4v) is 2.57. The molecule has 2 aliphatic rings. The summed E-state index contributed by atoms with van der Waals surface area (Å²) in [7, 11) is 0. The van der Waals surface area contributed by atoms with E-state index in [0.717, 1.165) is 19.3 Å². The number of hydrogen-bond donors (Lipinski definition) is 1. The fourth-order valence-electron chi connectivity index (χ4n) is 2.57. The van der Waals surface area contributed by atoms with Crippen molar-refractivity contribution in [3.05, 3.63) is 23.8 Å². The molecule has 5 nitrogen and oxygen atoms in total. The lowest BCUT2D eigenvalue weighted by Crippen LogP contribution is -2.25. The van der Waals surface area contributed by atoms with Crippen LogP contribution in [-0.4, -0.2) is 37.7 Å². The second-order valence-electron chi connectivity index (χ2n) is 5.14. The van der Waals surface area contributed by atoms with Crippen LogP contribution in [0.1, 0.15) is 29.6 Å². The zero-order valence-corrected chi connectivity index (χ0v) is 11.3. The molecular weight excluding hydrogens is 258 g/mol. The zero-order valence-electron chi connectivity index (χ0n) is 11.3. The number of hydrogen-bond acceptors (Lipinski definition) is 5. The molecule has 2 N–H and O–H groups in total. The Balaban J connectivity index is 1.77. The highest BCUT2D eigenvalue weighted by molar-refractivity contribution is 6.00. The molecule has 3 rings (SSSR count). The van der Waals surface area contributed by atoms with Gasteiger partial charge in [-0.2, -0.15) is 0 Å². The average molecular weight is 277 g/mol. The van der Waals surface area contributed by atoms with Crippen LogP contribution in [0.5, 0.6) is 11.5 Å². The van der Waals surface area contributed by atoms with E-state index in [9.17, 15) is 4.79 Å². The van der Waals surface area contributed by atoms with Crippen molar-refractivity contribution >= 4 is 5.78 Å². The van der Waals surface area contributed by atoms with Crippen LogP contribution in [0.15, 0.2) is 18.2 Å². The molecule has 1 aromatic carbocycles. The molecule has 0 aromatic heterocycles. The molecule has 1 aromatic rings. The van der Waals surface area contributed by atoms with Gasteiger partial charge in [0.15, 0.2) is 17.3 Å². The maximum Gasteiger partial charge on any atom is 0.191 e. The molecule has 5 heteroatoms. The maximum absolute atomic E-state index is 12.4. The van der Waals surface area contributed by atoms with Crippen molar-refractivity contribution in [3.63, 3.8) is 0 Å². The van der Waals surface area contributed by atoms with E-state index < -0.39 is 0 Å². The van der Waals surface area contributed by atoms with Gasteiger partial charge in [0, 0.05) is 18.5 Å². The third-order valence-corrected chi connectivity index (χ3v) is 3.69. The Labute approximate surface area is 118 Å². The first kappa shape index (κ1) is 13.4. The second kappa shape index (κ2) is 5.81. The van der Waals surface area contributed by atoms with Gasteiger partial charge in [0.1, 0.15) is 6.10 Å². The summed E-state index contributed by atoms with van der Waals surface area (Å²) >= 11 is 0. The summed E-state index contributed by atoms with van der Waals surface area (Å²) in [5.41, 5.74) is 6.18. The van der Waals surface area contributed by atoms with Gasteiger partial charge in [0.05, 0.1) is 19.3 Å². The van der Waals surface area contributed by atoms with Crippen LogP contribution < -0.4 is 15.2 Å². The minimum atomic E-state index is -0.381. The summed E-state index contributed by atoms with van der Waals surface area (Å²) in [4.78, 5) is 12.4. The van der Waals surface area contributed by atoms with Crippen molar-refractivity contribution in [2.45, 2.75) is 31.5 Å². The molecule has 0 amide bonds. The number of ketones is 1. The van der Waals surface area contributed by atoms with E-state index in [-0.39, 0.29) is 18.0 Å². The first-order chi connectivity index (χ1) is 9.78. The van der Waals surface area contributed by atoms with Gasteiger partial charge in [-0.3, -0.25) is 4.79 Å². The molecule has 0 saturated carbocycles. The van der Waals surface area contributed by atoms with Gasteiger partial charge >= 0.3 is 0 Å². The Morgan fingerprint density at radius 1 is 1.20 bits per heavy atom. The third-order valence-electron chi connectivity index (χ3n) is 3.69. The van der Waals surface area contributed by atoms with Gasteiger partial charge in [-0.15, -0.1) is 0 Å². The Morgan fingerprint density at radius 2 is 2.00 bits per heavy atom. The zero-order chi connectivity index (χ0) is 13.9. The van der Waals surface area contributed by atoms with Crippen LogP contribution in [0.3, 0.4) is 0 Å². The van der Waals surface area contributed by atoms with Gasteiger partial charge in [-0.05, 0) is 31.0 Å². The number of carbonyl (C=O) groups is 1. The van der Waals surface area contributed by atoms with Gasteiger partial charge in [-0.1, -0.05) is 0 Å². The number of ether oxygens (including phenoxy) is 3. The normalized spacial score (nSPS) is 25.2. The first-order valence-corrected chi connectivity index (χ1v) is 7.07. The summed E-state index contributed by atoms with van der Waals surface area (Å²) in [6, 6.07) is 5.32. The molecule has 2 aliphatic heterocycles. The lowest BCUT2D eigenvalue weighted by atomic mass is 10.0. The van der Waals surface area contributed by atoms with E-state index in [4.69, 9.17) is 19.9 Å². The van der Waals surface area contributed by atoms with Crippen molar-refractivity contribution in [3.8, 4) is 11.5 Å². The van der Waals surface area contributed by atoms with Gasteiger partial charge in [0.25, 0.3) is 0 Å². The van der Waals surface area contributed by atoms with E-state index in [2.05, 4.69) is 0 Å². The van der Waals surface area contributed by atoms with Gasteiger partial charge in [-0.25, -0.2) is 0 Å². The van der Waals surface area contributed by atoms with Crippen molar-refractivity contribution in [2.75, 3.05) is 19.8 Å². The predicted octanol–water partition coefficient (Wildman–Crippen LogP) is 1.54. The Morgan fingerprint density at radius 3 is 2.75 bits per heavy atom. The molecule has 1 saturated heterocycles. The van der Waals surface area contributed by atoms with Crippen molar-refractivity contribution < 1.29 is 19.0 Å². The molecule has 2 heterocycles. The van der Waals surface area contributed by atoms with E-state index in [1.165, 1.54) is 0 Å². The molecule has 0 radical (unpaired) electrons. The molecule has 0 spiro atoms. The highest BCUT2D eigenvalue weighted by Crippen LogP contribution is 2.32. The Kier molecular flexibility index (Phi) is 3.89. The number of carbonyl (C=O) groups excluding carboxylic acids is 1. The number of benzene rings is 1. The predicted molar refractivity (Wildman–Crippen MR) is 73.3 cm³/mol. The average Bonchev–Trinajstić information content (AvgIpc) is 2.84. The van der Waals surface area contributed by atoms with Crippen LogP contribution in [-0.2, 0) is 4.74 Å². The third kappa shape index (κ3) is 2.64. The number of nitrogens with two attached hydrogens (primary N) is 1. The van der Waals surface area contributed by atoms with Crippen LogP contribution in [0, 0.1) is 0 Å². The largest absolute Gasteiger partial charge is 0.490 e. The SMILES string of the molecule is NCC1CCC(C(=O)c2ccc3c(c2)OCCCO3)O1. The van der Waals surface area contributed by atoms with Gasteiger partial charge in [0.2, 0.25) is 0 Å². The number of rotatable bonds is 3. The minimum absolute atomic E-state index is 0.00315. The van der Waals surface area contributed by atoms with E-state index in [1.807, 2.05) is 0 Å². The summed E-state index contributed by atoms with van der Waals surface area (Å²) in [6.45, 7) is 1.72. The highest BCUT2D eigenvalue weighted by Gasteiger charge is 2.31. The van der Waals surface area contributed by atoms with Crippen LogP contribution >= 0.6 is 0 Å². The quantitative estimate of drug-likeness (QED) is 0.849. The fraction of sp³-hybridized carbons (Fsp3) is 0.533. The topological polar surface area (TPSA) is 70.8 Å². The molecule has 2 atom stereocenters. The highest BCUT2D eigenvalue weighted by atomic mass is 16.5. The van der Waals surface area contributed by atoms with Crippen LogP contribution in [0.25, 0.3) is 0 Å². The maximum atomic E-state index is 12.4. The lowest BCUT2D eigenvalue weighted by molar-refractivity contribution is 0.0404. The van der Waals surface area contributed by atoms with E-state index >= 15 is 0 Å². The molecule has 1 fully saturated rings. The molecule has 2 unspecified atom stereocenters. The minimum Gasteiger partial charge on any atom is -0.490 e. The molecule has 0 bridgehead atoms. The molecule has 20 heavy (non-hydrogen) atoms. The summed E-state index contributed by atoms with van der Waals surface area (Å²) in [5.74, 6) is 1.34. The van der Waals surface area contributed by atoms with Crippen LogP contribution in [0.2, 0.25) is 0 Å². The van der Waals surface area contributed by atoms with Gasteiger partial charge < -0.3 is 19.9 Å². The number of fused-ring (bicyclic) bond motifs is 1. The molecule has 108 valence electrons. The monoisotopic (exact) mass is 277 g/mol. The second-order valence-corrected chi connectivity index (χ2v) is 5.14. The summed E-state index contributed by atoms with van der Waals surface area (Å²) in [6.07, 6.45) is 2.05. The Hall–Kier alpha value is -1.59. The smallest absolute Gasteiger partial charge is 0.191 e. The molecular formula is C15H19NO4. The van der Waals surface area contributed by atoms with E-state index in [1.54, 1.807) is 18.2 Å². The van der Waals surface area contributed by atoms with Crippen molar-refractivity contribution in [1.82, 2.24) is 0 Å². The summed E-state index contributed by atoms with van der Waals surface area (Å²) < 4.78 is 16.8. The molecule has 0 aliphatic carbocycles. The van der Waals surface area contributed by atoms with Crippen molar-refractivity contribution in [2.24, 2.45) is 5.73 Å². The Bertz CT molecular complexity index is 503. The van der Waals surface area contributed by atoms with Crippen molar-refractivity contribution in [1.29, 1.82) is 0 Å². The summed E-state index contributed by atoms with van der Waals surface area (Å²) in [5, 5.41) is 0. The van der Waals surface area contributed by atoms with E-state index in [0.29, 0.717) is 36.8 Å². The lowest BCUT2D eigenvalue weighted by Gasteiger charge is -2.13. The first-order valence-electron chi connectivity index (χ1n) is 7.07. The standard InChI is InChI=1S/C15H19NO4/c16-9-11-3-5-13(20-11)15(17)10-2-4-12-14(8-10)19-7-1-6-18-12/h2,4,8,11,13H,1,3,5-7,9,16H2. The number of Topliss-reactive ketones (excluding diaryl/α,β-unsaturated/α-hetero) is 1. The van der Waals surface area contributed by atoms with Crippen LogP contribution in [0.4, 0.5) is 0 Å².